The molecule has 150 valence electrons. The molecule has 0 unspecified atom stereocenters. The fraction of sp³-hybridized carbons (Fsp3) is 0.318. The summed E-state index contributed by atoms with van der Waals surface area (Å²) in [5, 5.41) is 0. The van der Waals surface area contributed by atoms with Gasteiger partial charge in [-0.2, -0.15) is 0 Å². The molecule has 0 atom stereocenters. The van der Waals surface area contributed by atoms with Crippen LogP contribution < -0.4 is 10.3 Å². The van der Waals surface area contributed by atoms with Gasteiger partial charge in [-0.1, -0.05) is 0 Å². The van der Waals surface area contributed by atoms with E-state index in [9.17, 15) is 9.18 Å². The van der Waals surface area contributed by atoms with E-state index in [4.69, 9.17) is 4.74 Å². The Morgan fingerprint density at radius 3 is 2.79 bits per heavy atom. The zero-order chi connectivity index (χ0) is 20.2. The van der Waals surface area contributed by atoms with Crippen molar-refractivity contribution in [2.75, 3.05) is 20.2 Å². The lowest BCUT2D eigenvalue weighted by atomic mass is 9.93. The number of halogens is 1. The van der Waals surface area contributed by atoms with E-state index >= 15 is 0 Å². The number of likely N-dealkylation sites (tertiary alicyclic amines) is 1. The summed E-state index contributed by atoms with van der Waals surface area (Å²) in [6, 6.07) is 10.1. The Morgan fingerprint density at radius 1 is 1.24 bits per heavy atom. The lowest BCUT2D eigenvalue weighted by Gasteiger charge is -2.31. The van der Waals surface area contributed by atoms with Crippen molar-refractivity contribution in [2.45, 2.75) is 25.3 Å². The van der Waals surface area contributed by atoms with Crippen molar-refractivity contribution < 1.29 is 9.13 Å². The highest BCUT2D eigenvalue weighted by Crippen LogP contribution is 2.28. The number of benzene rings is 1. The summed E-state index contributed by atoms with van der Waals surface area (Å²) in [5.41, 5.74) is 2.07. The van der Waals surface area contributed by atoms with Crippen LogP contribution in [0, 0.1) is 5.82 Å². The second-order valence-corrected chi connectivity index (χ2v) is 7.27. The van der Waals surface area contributed by atoms with Gasteiger partial charge in [0.25, 0.3) is 5.56 Å². The van der Waals surface area contributed by atoms with E-state index in [0.29, 0.717) is 23.7 Å². The number of hydrogen-bond acceptors (Lipinski definition) is 5. The number of H-pyrrole nitrogens is 1. The molecule has 1 aromatic carbocycles. The molecule has 2 aromatic heterocycles. The smallest absolute Gasteiger partial charge is 0.251 e. The topological polar surface area (TPSA) is 71.1 Å². The second-order valence-electron chi connectivity index (χ2n) is 7.27. The van der Waals surface area contributed by atoms with E-state index in [2.05, 4.69) is 19.9 Å². The van der Waals surface area contributed by atoms with Crippen LogP contribution in [0.5, 0.6) is 5.75 Å². The van der Waals surface area contributed by atoms with Crippen LogP contribution in [0.25, 0.3) is 11.4 Å². The molecule has 1 fully saturated rings. The quantitative estimate of drug-likeness (QED) is 0.719. The van der Waals surface area contributed by atoms with E-state index in [0.717, 1.165) is 37.2 Å². The van der Waals surface area contributed by atoms with Crippen molar-refractivity contribution in [3.05, 3.63) is 76.2 Å². The highest BCUT2D eigenvalue weighted by Gasteiger charge is 2.23. The molecule has 3 aromatic rings. The van der Waals surface area contributed by atoms with Gasteiger partial charge in [0.05, 0.1) is 12.8 Å². The van der Waals surface area contributed by atoms with Gasteiger partial charge in [0, 0.05) is 42.0 Å². The molecular formula is C22H23FN4O2. The molecule has 0 bridgehead atoms. The second kappa shape index (κ2) is 8.53. The van der Waals surface area contributed by atoms with Crippen molar-refractivity contribution in [2.24, 2.45) is 0 Å². The van der Waals surface area contributed by atoms with Gasteiger partial charge in [0.2, 0.25) is 0 Å². The van der Waals surface area contributed by atoms with Crippen molar-refractivity contribution in [1.29, 1.82) is 0 Å². The number of pyridine rings is 1. The molecule has 0 amide bonds. The van der Waals surface area contributed by atoms with Crippen LogP contribution in [-0.4, -0.2) is 40.1 Å². The number of nitrogens with zero attached hydrogens (tertiary/aromatic N) is 3. The van der Waals surface area contributed by atoms with Crippen LogP contribution in [0.2, 0.25) is 0 Å². The minimum absolute atomic E-state index is 0.158. The summed E-state index contributed by atoms with van der Waals surface area (Å²) >= 11 is 0. The Hall–Kier alpha value is -3.06. The molecule has 0 radical (unpaired) electrons. The third-order valence-corrected chi connectivity index (χ3v) is 5.35. The highest BCUT2D eigenvalue weighted by molar-refractivity contribution is 5.52. The summed E-state index contributed by atoms with van der Waals surface area (Å²) in [4.78, 5) is 25.9. The molecule has 1 aliphatic rings. The Balaban J connectivity index is 1.45. The van der Waals surface area contributed by atoms with Gasteiger partial charge in [-0.15, -0.1) is 0 Å². The largest absolute Gasteiger partial charge is 0.497 e. The van der Waals surface area contributed by atoms with Crippen LogP contribution in [-0.2, 0) is 6.54 Å². The van der Waals surface area contributed by atoms with Crippen LogP contribution in [0.4, 0.5) is 4.39 Å². The number of ether oxygens (including phenoxy) is 1. The number of aromatic nitrogens is 3. The maximum atomic E-state index is 14.1. The first kappa shape index (κ1) is 19.3. The van der Waals surface area contributed by atoms with Crippen molar-refractivity contribution >= 4 is 0 Å². The number of aromatic amines is 1. The molecule has 6 nitrogen and oxygen atoms in total. The molecule has 29 heavy (non-hydrogen) atoms. The lowest BCUT2D eigenvalue weighted by molar-refractivity contribution is 0.201. The summed E-state index contributed by atoms with van der Waals surface area (Å²) in [7, 11) is 1.58. The van der Waals surface area contributed by atoms with E-state index in [1.165, 1.54) is 6.07 Å². The van der Waals surface area contributed by atoms with Crippen molar-refractivity contribution in [3.63, 3.8) is 0 Å². The maximum Gasteiger partial charge on any atom is 0.251 e. The van der Waals surface area contributed by atoms with Crippen LogP contribution >= 0.6 is 0 Å². The van der Waals surface area contributed by atoms with E-state index in [1.54, 1.807) is 37.7 Å². The van der Waals surface area contributed by atoms with Crippen LogP contribution in [0.1, 0.15) is 30.0 Å². The summed E-state index contributed by atoms with van der Waals surface area (Å²) < 4.78 is 19.3. The number of piperidine rings is 1. The Kier molecular flexibility index (Phi) is 5.67. The number of methoxy groups -OCH3 is 1. The van der Waals surface area contributed by atoms with Gasteiger partial charge >= 0.3 is 0 Å². The summed E-state index contributed by atoms with van der Waals surface area (Å²) in [6.45, 7) is 2.18. The van der Waals surface area contributed by atoms with Crippen LogP contribution in [0.15, 0.2) is 53.6 Å². The standard InChI is InChI=1S/C22H23FN4O2/c1-29-18-4-5-19(23)17(11-18)14-27-9-6-15(7-10-27)20-12-21(28)26-22(25-20)16-3-2-8-24-13-16/h2-5,8,11-13,15H,6-7,9-10,14H2,1H3,(H,25,26,28). The average Bonchev–Trinajstić information content (AvgIpc) is 2.76. The molecule has 0 aliphatic carbocycles. The zero-order valence-corrected chi connectivity index (χ0v) is 16.3. The zero-order valence-electron chi connectivity index (χ0n) is 16.3. The van der Waals surface area contributed by atoms with E-state index in [-0.39, 0.29) is 17.3 Å². The molecule has 1 N–H and O–H groups in total. The minimum Gasteiger partial charge on any atom is -0.497 e. The molecule has 0 spiro atoms. The first-order chi connectivity index (χ1) is 14.1. The predicted octanol–water partition coefficient (Wildman–Crippen LogP) is 3.36. The third kappa shape index (κ3) is 4.51. The number of rotatable bonds is 5. The summed E-state index contributed by atoms with van der Waals surface area (Å²) in [5.74, 6) is 1.19. The molecule has 3 heterocycles. The van der Waals surface area contributed by atoms with Crippen LogP contribution in [0.3, 0.4) is 0 Å². The molecule has 0 saturated carbocycles. The van der Waals surface area contributed by atoms with Gasteiger partial charge in [0.1, 0.15) is 17.4 Å². The SMILES string of the molecule is COc1ccc(F)c(CN2CCC(c3cc(=O)[nH]c(-c4cccnc4)n3)CC2)c1. The first-order valence-electron chi connectivity index (χ1n) is 9.69. The van der Waals surface area contributed by atoms with Gasteiger partial charge in [-0.05, 0) is 56.3 Å². The minimum atomic E-state index is -0.217. The lowest BCUT2D eigenvalue weighted by Crippen LogP contribution is -2.33. The Morgan fingerprint density at radius 2 is 2.07 bits per heavy atom. The fourth-order valence-electron chi connectivity index (χ4n) is 3.75. The highest BCUT2D eigenvalue weighted by atomic mass is 19.1. The Labute approximate surface area is 168 Å². The summed E-state index contributed by atoms with van der Waals surface area (Å²) in [6.07, 6.45) is 5.11. The number of nitrogens with one attached hydrogen (secondary N) is 1. The van der Waals surface area contributed by atoms with Gasteiger partial charge in [0.15, 0.2) is 0 Å². The average molecular weight is 394 g/mol. The molecule has 7 heteroatoms. The van der Waals surface area contributed by atoms with Gasteiger partial charge in [-0.3, -0.25) is 14.7 Å². The molecule has 1 aliphatic heterocycles. The van der Waals surface area contributed by atoms with Crippen molar-refractivity contribution in [1.82, 2.24) is 19.9 Å². The fourth-order valence-corrected chi connectivity index (χ4v) is 3.75. The Bertz CT molecular complexity index is 1030. The first-order valence-corrected chi connectivity index (χ1v) is 9.69. The van der Waals surface area contributed by atoms with Crippen molar-refractivity contribution in [3.8, 4) is 17.1 Å². The maximum absolute atomic E-state index is 14.1. The van der Waals surface area contributed by atoms with Gasteiger partial charge in [-0.25, -0.2) is 9.37 Å². The van der Waals surface area contributed by atoms with Gasteiger partial charge < -0.3 is 9.72 Å². The predicted molar refractivity (Wildman–Crippen MR) is 108 cm³/mol. The monoisotopic (exact) mass is 394 g/mol. The van der Waals surface area contributed by atoms with E-state index < -0.39 is 0 Å². The third-order valence-electron chi connectivity index (χ3n) is 5.35. The molecule has 1 saturated heterocycles. The molecule has 4 rings (SSSR count). The molecular weight excluding hydrogens is 371 g/mol. The number of hydrogen-bond donors (Lipinski definition) is 1. The van der Waals surface area contributed by atoms with E-state index in [1.807, 2.05) is 12.1 Å². The normalized spacial score (nSPS) is 15.4.